The number of pyridine rings is 1. The molecule has 1 aliphatic rings. The fourth-order valence-electron chi connectivity index (χ4n) is 3.27. The SMILES string of the molecule is CC1=Nc2cc3c(O)n(CCN(C)C)c(=O)c4cccc(c2=N1)c34. The predicted octanol–water partition coefficient (Wildman–Crippen LogP) is 1.82. The summed E-state index contributed by atoms with van der Waals surface area (Å²) in [4.78, 5) is 23.7. The van der Waals surface area contributed by atoms with Crippen molar-refractivity contribution < 1.29 is 5.11 Å². The number of fused-ring (bicyclic) bond motifs is 2. The van der Waals surface area contributed by atoms with E-state index in [0.717, 1.165) is 21.8 Å². The lowest BCUT2D eigenvalue weighted by atomic mass is 10.0. The maximum Gasteiger partial charge on any atom is 0.261 e. The van der Waals surface area contributed by atoms with Crippen molar-refractivity contribution in [2.24, 2.45) is 9.98 Å². The minimum Gasteiger partial charge on any atom is -0.494 e. The molecule has 0 radical (unpaired) electrons. The molecule has 0 saturated heterocycles. The highest BCUT2D eigenvalue weighted by atomic mass is 16.3. The minimum absolute atomic E-state index is 0.00639. The van der Waals surface area contributed by atoms with Crippen molar-refractivity contribution in [1.29, 1.82) is 0 Å². The second-order valence-corrected chi connectivity index (χ2v) is 6.37. The average molecular weight is 322 g/mol. The summed E-state index contributed by atoms with van der Waals surface area (Å²) in [6, 6.07) is 7.41. The van der Waals surface area contributed by atoms with Crippen LogP contribution >= 0.6 is 0 Å². The van der Waals surface area contributed by atoms with Crippen molar-refractivity contribution in [3.63, 3.8) is 0 Å². The molecule has 6 nitrogen and oxygen atoms in total. The molecule has 0 saturated carbocycles. The van der Waals surface area contributed by atoms with Crippen LogP contribution < -0.4 is 10.9 Å². The van der Waals surface area contributed by atoms with E-state index >= 15 is 0 Å². The van der Waals surface area contributed by atoms with Crippen LogP contribution in [0.1, 0.15) is 6.92 Å². The van der Waals surface area contributed by atoms with Gasteiger partial charge in [0.05, 0.1) is 11.0 Å². The molecule has 2 aromatic carbocycles. The van der Waals surface area contributed by atoms with E-state index < -0.39 is 0 Å². The van der Waals surface area contributed by atoms with Crippen molar-refractivity contribution >= 4 is 33.1 Å². The number of rotatable bonds is 3. The summed E-state index contributed by atoms with van der Waals surface area (Å²) in [5.41, 5.74) is 0.559. The van der Waals surface area contributed by atoms with E-state index in [9.17, 15) is 9.90 Å². The van der Waals surface area contributed by atoms with Crippen LogP contribution in [0.5, 0.6) is 5.88 Å². The Hall–Kier alpha value is -2.73. The predicted molar refractivity (Wildman–Crippen MR) is 95.5 cm³/mol. The van der Waals surface area contributed by atoms with Gasteiger partial charge in [0.2, 0.25) is 5.88 Å². The molecule has 3 aromatic rings. The molecular weight excluding hydrogens is 304 g/mol. The van der Waals surface area contributed by atoms with E-state index in [1.807, 2.05) is 44.1 Å². The third-order valence-electron chi connectivity index (χ3n) is 4.41. The van der Waals surface area contributed by atoms with Crippen molar-refractivity contribution in [2.75, 3.05) is 20.6 Å². The van der Waals surface area contributed by atoms with Crippen molar-refractivity contribution in [2.45, 2.75) is 13.5 Å². The number of likely N-dealkylation sites (N-methyl/N-ethyl adjacent to an activating group) is 1. The first-order valence-electron chi connectivity index (χ1n) is 7.87. The Kier molecular flexibility index (Phi) is 3.18. The second-order valence-electron chi connectivity index (χ2n) is 6.37. The van der Waals surface area contributed by atoms with Gasteiger partial charge < -0.3 is 10.0 Å². The van der Waals surface area contributed by atoms with Gasteiger partial charge in [0.15, 0.2) is 0 Å². The molecule has 24 heavy (non-hydrogen) atoms. The molecule has 4 rings (SSSR count). The van der Waals surface area contributed by atoms with E-state index in [1.165, 1.54) is 4.57 Å². The van der Waals surface area contributed by atoms with Crippen LogP contribution in [0.15, 0.2) is 39.0 Å². The summed E-state index contributed by atoms with van der Waals surface area (Å²) in [6.07, 6.45) is 0. The molecule has 2 heterocycles. The summed E-state index contributed by atoms with van der Waals surface area (Å²) in [5, 5.41) is 14.4. The monoisotopic (exact) mass is 322 g/mol. The van der Waals surface area contributed by atoms with Gasteiger partial charge in [-0.25, -0.2) is 9.98 Å². The molecule has 0 spiro atoms. The van der Waals surface area contributed by atoms with Crippen molar-refractivity contribution in [3.05, 3.63) is 40.0 Å². The molecule has 1 aliphatic heterocycles. The minimum atomic E-state index is -0.178. The maximum absolute atomic E-state index is 12.9. The van der Waals surface area contributed by atoms with Crippen LogP contribution in [0.3, 0.4) is 0 Å². The topological polar surface area (TPSA) is 70.2 Å². The van der Waals surface area contributed by atoms with E-state index in [4.69, 9.17) is 0 Å². The lowest BCUT2D eigenvalue weighted by Crippen LogP contribution is -2.27. The molecule has 0 aliphatic carbocycles. The number of hydrogen-bond acceptors (Lipinski definition) is 5. The van der Waals surface area contributed by atoms with E-state index in [-0.39, 0.29) is 11.4 Å². The first-order valence-corrected chi connectivity index (χ1v) is 7.87. The molecule has 0 unspecified atom stereocenters. The van der Waals surface area contributed by atoms with Crippen molar-refractivity contribution in [1.82, 2.24) is 9.47 Å². The summed E-state index contributed by atoms with van der Waals surface area (Å²) < 4.78 is 1.44. The number of aromatic nitrogens is 1. The normalized spacial score (nSPS) is 13.6. The Labute approximate surface area is 138 Å². The van der Waals surface area contributed by atoms with Gasteiger partial charge in [-0.2, -0.15) is 0 Å². The lowest BCUT2D eigenvalue weighted by molar-refractivity contribution is 0.353. The van der Waals surface area contributed by atoms with E-state index in [0.29, 0.717) is 29.7 Å². The highest BCUT2D eigenvalue weighted by Crippen LogP contribution is 2.32. The van der Waals surface area contributed by atoms with Crippen LogP contribution in [0.4, 0.5) is 5.69 Å². The number of aliphatic imine (C=N–C) groups is 1. The van der Waals surface area contributed by atoms with Gasteiger partial charge in [-0.05, 0) is 33.2 Å². The fourth-order valence-corrected chi connectivity index (χ4v) is 3.27. The first kappa shape index (κ1) is 14.8. The first-order chi connectivity index (χ1) is 11.5. The van der Waals surface area contributed by atoms with Gasteiger partial charge in [0, 0.05) is 34.6 Å². The highest BCUT2D eigenvalue weighted by molar-refractivity contribution is 6.13. The lowest BCUT2D eigenvalue weighted by Gasteiger charge is -2.16. The summed E-state index contributed by atoms with van der Waals surface area (Å²) in [6.45, 7) is 2.93. The molecule has 1 aromatic heterocycles. The molecular formula is C18H18N4O2. The van der Waals surface area contributed by atoms with Gasteiger partial charge in [0.1, 0.15) is 5.84 Å². The summed E-state index contributed by atoms with van der Waals surface area (Å²) >= 11 is 0. The molecule has 6 heteroatoms. The van der Waals surface area contributed by atoms with E-state index in [1.54, 1.807) is 6.07 Å². The number of hydrogen-bond donors (Lipinski definition) is 1. The number of aromatic hydroxyl groups is 1. The largest absolute Gasteiger partial charge is 0.494 e. The van der Waals surface area contributed by atoms with Gasteiger partial charge in [-0.3, -0.25) is 9.36 Å². The Morgan fingerprint density at radius 3 is 2.67 bits per heavy atom. The number of amidine groups is 1. The maximum atomic E-state index is 12.9. The number of nitrogens with zero attached hydrogens (tertiary/aromatic N) is 4. The standard InChI is InChI=1S/C18H18N4O2/c1-10-19-14-9-13-15-11(16(14)20-10)5-4-6-12(15)17(23)22(18(13)24)8-7-21(2)3/h4-6,9,24H,7-8H2,1-3H3. The van der Waals surface area contributed by atoms with Crippen LogP contribution in [-0.4, -0.2) is 41.0 Å². The van der Waals surface area contributed by atoms with Gasteiger partial charge >= 0.3 is 0 Å². The molecule has 0 amide bonds. The van der Waals surface area contributed by atoms with Crippen LogP contribution in [0.2, 0.25) is 0 Å². The Morgan fingerprint density at radius 2 is 1.92 bits per heavy atom. The molecule has 0 fully saturated rings. The number of benzene rings is 2. The van der Waals surface area contributed by atoms with E-state index in [2.05, 4.69) is 9.98 Å². The Morgan fingerprint density at radius 1 is 1.17 bits per heavy atom. The Balaban J connectivity index is 2.13. The molecule has 0 atom stereocenters. The zero-order valence-corrected chi connectivity index (χ0v) is 13.9. The second kappa shape index (κ2) is 5.14. The smallest absolute Gasteiger partial charge is 0.261 e. The summed E-state index contributed by atoms with van der Waals surface area (Å²) in [5.74, 6) is 0.677. The fraction of sp³-hybridized carbons (Fsp3) is 0.278. The Bertz CT molecular complexity index is 1130. The van der Waals surface area contributed by atoms with Crippen LogP contribution in [0, 0.1) is 0 Å². The zero-order valence-electron chi connectivity index (χ0n) is 13.9. The van der Waals surface area contributed by atoms with Crippen molar-refractivity contribution in [3.8, 4) is 5.88 Å². The average Bonchev–Trinajstić information content (AvgIpc) is 2.92. The molecule has 1 N–H and O–H groups in total. The van der Waals surface area contributed by atoms with Gasteiger partial charge in [0.25, 0.3) is 5.56 Å². The quantitative estimate of drug-likeness (QED) is 0.800. The summed E-state index contributed by atoms with van der Waals surface area (Å²) in [7, 11) is 3.87. The van der Waals surface area contributed by atoms with Crippen LogP contribution in [-0.2, 0) is 6.54 Å². The van der Waals surface area contributed by atoms with Gasteiger partial charge in [-0.1, -0.05) is 12.1 Å². The van der Waals surface area contributed by atoms with Crippen LogP contribution in [0.25, 0.3) is 21.5 Å². The zero-order chi connectivity index (χ0) is 17.0. The molecule has 0 bridgehead atoms. The third kappa shape index (κ3) is 2.03. The van der Waals surface area contributed by atoms with Gasteiger partial charge in [-0.15, -0.1) is 0 Å². The third-order valence-corrected chi connectivity index (χ3v) is 4.41. The molecule has 122 valence electrons. The highest BCUT2D eigenvalue weighted by Gasteiger charge is 2.19.